The van der Waals surface area contributed by atoms with Crippen LogP contribution in [0.2, 0.25) is 0 Å². The van der Waals surface area contributed by atoms with Crippen molar-refractivity contribution in [3.8, 4) is 0 Å². The van der Waals surface area contributed by atoms with Gasteiger partial charge >= 0.3 is 0 Å². The summed E-state index contributed by atoms with van der Waals surface area (Å²) in [4.78, 5) is 5.78. The summed E-state index contributed by atoms with van der Waals surface area (Å²) in [6.45, 7) is 0.600. The summed E-state index contributed by atoms with van der Waals surface area (Å²) < 4.78 is 0. The SMILES string of the molecule is NCc1cnc(C2(c3ccccc3)CCC2)s1. The molecule has 1 heterocycles. The lowest BCUT2D eigenvalue weighted by molar-refractivity contribution is 0.300. The molecule has 0 bridgehead atoms. The Balaban J connectivity index is 2.02. The minimum atomic E-state index is 0.180. The molecule has 0 spiro atoms. The average molecular weight is 244 g/mol. The molecule has 0 atom stereocenters. The molecule has 1 fully saturated rings. The second-order valence-electron chi connectivity index (χ2n) is 4.64. The Labute approximate surface area is 106 Å². The summed E-state index contributed by atoms with van der Waals surface area (Å²) in [6, 6.07) is 10.8. The standard InChI is InChI=1S/C14H16N2S/c15-9-12-10-16-13(17-12)14(7-4-8-14)11-5-2-1-3-6-11/h1-3,5-6,10H,4,7-9,15H2. The van der Waals surface area contributed by atoms with E-state index >= 15 is 0 Å². The van der Waals surface area contributed by atoms with E-state index in [2.05, 4.69) is 35.3 Å². The van der Waals surface area contributed by atoms with Crippen molar-refractivity contribution in [2.45, 2.75) is 31.2 Å². The van der Waals surface area contributed by atoms with Gasteiger partial charge in [0.2, 0.25) is 0 Å². The Morgan fingerprint density at radius 1 is 1.24 bits per heavy atom. The lowest BCUT2D eigenvalue weighted by atomic mass is 9.65. The minimum absolute atomic E-state index is 0.180. The highest BCUT2D eigenvalue weighted by atomic mass is 32.1. The number of benzene rings is 1. The molecule has 3 heteroatoms. The van der Waals surface area contributed by atoms with Crippen LogP contribution in [0.5, 0.6) is 0 Å². The van der Waals surface area contributed by atoms with E-state index in [4.69, 9.17) is 5.73 Å². The highest BCUT2D eigenvalue weighted by Crippen LogP contribution is 2.49. The zero-order valence-corrected chi connectivity index (χ0v) is 10.5. The molecular weight excluding hydrogens is 228 g/mol. The average Bonchev–Trinajstić information content (AvgIpc) is 2.78. The normalized spacial score (nSPS) is 17.7. The molecule has 2 nitrogen and oxygen atoms in total. The molecule has 17 heavy (non-hydrogen) atoms. The van der Waals surface area contributed by atoms with Crippen LogP contribution in [0.25, 0.3) is 0 Å². The van der Waals surface area contributed by atoms with E-state index in [1.165, 1.54) is 34.7 Å². The Bertz CT molecular complexity index is 500. The highest BCUT2D eigenvalue weighted by molar-refractivity contribution is 7.11. The van der Waals surface area contributed by atoms with Gasteiger partial charge in [-0.2, -0.15) is 0 Å². The van der Waals surface area contributed by atoms with Crippen LogP contribution >= 0.6 is 11.3 Å². The minimum Gasteiger partial charge on any atom is -0.326 e. The fourth-order valence-electron chi connectivity index (χ4n) is 2.54. The van der Waals surface area contributed by atoms with Gasteiger partial charge in [-0.15, -0.1) is 11.3 Å². The molecule has 0 radical (unpaired) electrons. The van der Waals surface area contributed by atoms with Crippen molar-refractivity contribution in [1.29, 1.82) is 0 Å². The Hall–Kier alpha value is -1.19. The molecule has 0 aliphatic heterocycles. The van der Waals surface area contributed by atoms with E-state index in [0.29, 0.717) is 6.54 Å². The predicted octanol–water partition coefficient (Wildman–Crippen LogP) is 3.07. The maximum Gasteiger partial charge on any atom is 0.103 e. The van der Waals surface area contributed by atoms with E-state index in [1.54, 1.807) is 11.3 Å². The first-order valence-corrected chi connectivity index (χ1v) is 6.87. The number of nitrogens with two attached hydrogens (primary N) is 1. The van der Waals surface area contributed by atoms with Crippen LogP contribution in [0, 0.1) is 0 Å². The highest BCUT2D eigenvalue weighted by Gasteiger charge is 2.42. The summed E-state index contributed by atoms with van der Waals surface area (Å²) in [7, 11) is 0. The zero-order chi connectivity index (χ0) is 11.7. The quantitative estimate of drug-likeness (QED) is 0.901. The van der Waals surface area contributed by atoms with E-state index in [9.17, 15) is 0 Å². The monoisotopic (exact) mass is 244 g/mol. The molecule has 3 rings (SSSR count). The van der Waals surface area contributed by atoms with Crippen LogP contribution in [0.1, 0.15) is 34.7 Å². The first kappa shape index (κ1) is 10.9. The topological polar surface area (TPSA) is 38.9 Å². The molecule has 1 saturated carbocycles. The molecule has 1 aliphatic rings. The van der Waals surface area contributed by atoms with Crippen molar-refractivity contribution in [1.82, 2.24) is 4.98 Å². The van der Waals surface area contributed by atoms with Gasteiger partial charge in [-0.25, -0.2) is 4.98 Å². The Kier molecular flexibility index (Phi) is 2.73. The largest absolute Gasteiger partial charge is 0.326 e. The summed E-state index contributed by atoms with van der Waals surface area (Å²) >= 11 is 1.77. The van der Waals surface area contributed by atoms with Gasteiger partial charge in [0.1, 0.15) is 5.01 Å². The van der Waals surface area contributed by atoms with Gasteiger partial charge in [0.15, 0.2) is 0 Å². The first-order chi connectivity index (χ1) is 8.35. The fourth-order valence-corrected chi connectivity index (χ4v) is 3.60. The molecule has 1 aliphatic carbocycles. The predicted molar refractivity (Wildman–Crippen MR) is 71.1 cm³/mol. The van der Waals surface area contributed by atoms with Crippen LogP contribution in [0.4, 0.5) is 0 Å². The Morgan fingerprint density at radius 3 is 2.53 bits per heavy atom. The van der Waals surface area contributed by atoms with Crippen LogP contribution < -0.4 is 5.73 Å². The number of hydrogen-bond acceptors (Lipinski definition) is 3. The Morgan fingerprint density at radius 2 is 2.00 bits per heavy atom. The number of aromatic nitrogens is 1. The number of hydrogen-bond donors (Lipinski definition) is 1. The van der Waals surface area contributed by atoms with Crippen LogP contribution in [0.15, 0.2) is 36.5 Å². The number of nitrogens with zero attached hydrogens (tertiary/aromatic N) is 1. The van der Waals surface area contributed by atoms with Crippen LogP contribution in [-0.4, -0.2) is 4.98 Å². The second kappa shape index (κ2) is 4.24. The van der Waals surface area contributed by atoms with Crippen molar-refractivity contribution in [3.63, 3.8) is 0 Å². The fraction of sp³-hybridized carbons (Fsp3) is 0.357. The van der Waals surface area contributed by atoms with Crippen molar-refractivity contribution in [2.75, 3.05) is 0 Å². The third-order valence-electron chi connectivity index (χ3n) is 3.70. The molecule has 1 aromatic heterocycles. The van der Waals surface area contributed by atoms with Gasteiger partial charge in [-0.05, 0) is 18.4 Å². The van der Waals surface area contributed by atoms with Gasteiger partial charge in [-0.3, -0.25) is 0 Å². The summed E-state index contributed by atoms with van der Waals surface area (Å²) in [5.74, 6) is 0. The van der Waals surface area contributed by atoms with Crippen LogP contribution in [0.3, 0.4) is 0 Å². The summed E-state index contributed by atoms with van der Waals surface area (Å²) in [5, 5.41) is 1.25. The summed E-state index contributed by atoms with van der Waals surface area (Å²) in [6.07, 6.45) is 5.67. The van der Waals surface area contributed by atoms with E-state index in [0.717, 1.165) is 0 Å². The van der Waals surface area contributed by atoms with Gasteiger partial charge in [-0.1, -0.05) is 36.8 Å². The van der Waals surface area contributed by atoms with Crippen molar-refractivity contribution < 1.29 is 0 Å². The molecule has 0 unspecified atom stereocenters. The molecular formula is C14H16N2S. The van der Waals surface area contributed by atoms with E-state index in [-0.39, 0.29) is 5.41 Å². The first-order valence-electron chi connectivity index (χ1n) is 6.06. The lowest BCUT2D eigenvalue weighted by Crippen LogP contribution is -2.35. The smallest absolute Gasteiger partial charge is 0.103 e. The van der Waals surface area contributed by atoms with Crippen LogP contribution in [-0.2, 0) is 12.0 Å². The van der Waals surface area contributed by atoms with Gasteiger partial charge in [0.25, 0.3) is 0 Å². The molecule has 2 aromatic rings. The number of rotatable bonds is 3. The van der Waals surface area contributed by atoms with Gasteiger partial charge in [0, 0.05) is 23.0 Å². The second-order valence-corrected chi connectivity index (χ2v) is 5.75. The summed E-state index contributed by atoms with van der Waals surface area (Å²) in [5.41, 5.74) is 7.26. The third kappa shape index (κ3) is 1.70. The lowest BCUT2D eigenvalue weighted by Gasteiger charge is -2.40. The van der Waals surface area contributed by atoms with Crippen molar-refractivity contribution in [2.24, 2.45) is 5.73 Å². The maximum atomic E-state index is 5.68. The molecule has 2 N–H and O–H groups in total. The van der Waals surface area contributed by atoms with Gasteiger partial charge in [0.05, 0.1) is 0 Å². The van der Waals surface area contributed by atoms with Crippen molar-refractivity contribution >= 4 is 11.3 Å². The third-order valence-corrected chi connectivity index (χ3v) is 4.92. The zero-order valence-electron chi connectivity index (χ0n) is 9.73. The maximum absolute atomic E-state index is 5.68. The van der Waals surface area contributed by atoms with E-state index in [1.807, 2.05) is 6.20 Å². The molecule has 88 valence electrons. The van der Waals surface area contributed by atoms with E-state index < -0.39 is 0 Å². The van der Waals surface area contributed by atoms with Gasteiger partial charge < -0.3 is 5.73 Å². The molecule has 0 amide bonds. The van der Waals surface area contributed by atoms with Crippen molar-refractivity contribution in [3.05, 3.63) is 52.0 Å². The molecule has 0 saturated heterocycles. The molecule has 1 aromatic carbocycles. The number of thiazole rings is 1.